The third kappa shape index (κ3) is 3.91. The molecule has 5 fully saturated rings. The van der Waals surface area contributed by atoms with Crippen molar-refractivity contribution in [1.29, 1.82) is 0 Å². The monoisotopic (exact) mass is 478 g/mol. The third-order valence-corrected chi connectivity index (χ3v) is 16.5. The summed E-state index contributed by atoms with van der Waals surface area (Å²) < 4.78 is 18.9. The SMILES string of the molecule is CC(C)(C)[Si](C)(C)OCC[C@]12CCC3C(CCC4CC5(CC[C@@]43C)OCCO5)C1CC[C@@H]2O. The van der Waals surface area contributed by atoms with Crippen LogP contribution >= 0.6 is 0 Å². The molecule has 5 heteroatoms. The van der Waals surface area contributed by atoms with E-state index in [0.717, 1.165) is 63.3 Å². The van der Waals surface area contributed by atoms with Crippen LogP contribution in [0.4, 0.5) is 0 Å². The zero-order valence-corrected chi connectivity index (χ0v) is 23.3. The number of rotatable bonds is 4. The number of aliphatic hydroxyl groups excluding tert-OH is 1. The molecule has 190 valence electrons. The predicted molar refractivity (Wildman–Crippen MR) is 134 cm³/mol. The maximum atomic E-state index is 11.3. The largest absolute Gasteiger partial charge is 0.417 e. The van der Waals surface area contributed by atoms with Gasteiger partial charge >= 0.3 is 0 Å². The van der Waals surface area contributed by atoms with Crippen molar-refractivity contribution in [1.82, 2.24) is 0 Å². The Kier molecular flexibility index (Phi) is 6.22. The van der Waals surface area contributed by atoms with Gasteiger partial charge in [0.25, 0.3) is 0 Å². The molecule has 5 aliphatic rings. The van der Waals surface area contributed by atoms with Crippen molar-refractivity contribution in [2.75, 3.05) is 19.8 Å². The lowest BCUT2D eigenvalue weighted by Gasteiger charge is -2.62. The molecule has 0 radical (unpaired) electrons. The highest BCUT2D eigenvalue weighted by molar-refractivity contribution is 6.74. The Labute approximate surface area is 203 Å². The van der Waals surface area contributed by atoms with Gasteiger partial charge in [-0.05, 0) is 98.6 Å². The molecular weight excluding hydrogens is 428 g/mol. The van der Waals surface area contributed by atoms with Gasteiger partial charge in [-0.1, -0.05) is 27.7 Å². The zero-order valence-electron chi connectivity index (χ0n) is 22.3. The van der Waals surface area contributed by atoms with Gasteiger partial charge in [-0.15, -0.1) is 0 Å². The maximum Gasteiger partial charge on any atom is 0.191 e. The first-order valence-electron chi connectivity index (χ1n) is 14.0. The second kappa shape index (κ2) is 8.29. The van der Waals surface area contributed by atoms with Crippen LogP contribution in [-0.4, -0.2) is 45.1 Å². The van der Waals surface area contributed by atoms with Crippen LogP contribution in [0, 0.1) is 34.5 Å². The lowest BCUT2D eigenvalue weighted by molar-refractivity contribution is -0.231. The summed E-state index contributed by atoms with van der Waals surface area (Å²) in [6.45, 7) is 16.7. The Bertz CT molecular complexity index is 726. The van der Waals surface area contributed by atoms with Gasteiger partial charge in [-0.3, -0.25) is 0 Å². The summed E-state index contributed by atoms with van der Waals surface area (Å²) in [5.41, 5.74) is 0.515. The van der Waals surface area contributed by atoms with E-state index < -0.39 is 8.32 Å². The first kappa shape index (κ1) is 24.7. The van der Waals surface area contributed by atoms with Crippen molar-refractivity contribution in [2.24, 2.45) is 34.5 Å². The Morgan fingerprint density at radius 3 is 2.36 bits per heavy atom. The smallest absolute Gasteiger partial charge is 0.191 e. The van der Waals surface area contributed by atoms with E-state index in [1.807, 2.05) is 0 Å². The lowest BCUT2D eigenvalue weighted by Crippen LogP contribution is -2.57. The fourth-order valence-corrected chi connectivity index (χ4v) is 9.97. The first-order chi connectivity index (χ1) is 15.4. The van der Waals surface area contributed by atoms with Gasteiger partial charge in [0.05, 0.1) is 19.3 Å². The Morgan fingerprint density at radius 1 is 0.939 bits per heavy atom. The van der Waals surface area contributed by atoms with E-state index in [-0.39, 0.29) is 22.3 Å². The number of ether oxygens (including phenoxy) is 2. The minimum absolute atomic E-state index is 0.0975. The topological polar surface area (TPSA) is 47.9 Å². The summed E-state index contributed by atoms with van der Waals surface area (Å²) >= 11 is 0. The molecule has 1 spiro atoms. The van der Waals surface area contributed by atoms with Gasteiger partial charge in [-0.25, -0.2) is 0 Å². The Morgan fingerprint density at radius 2 is 1.67 bits per heavy atom. The van der Waals surface area contributed by atoms with E-state index >= 15 is 0 Å². The fraction of sp³-hybridized carbons (Fsp3) is 1.00. The standard InChI is InChI=1S/C28H50O4Si/c1-25(2,3)33(5,6)32-16-15-27-12-11-22-21(23(27)9-10-24(27)29)8-7-20-19-28(30-17-18-31-28)14-13-26(20,22)4/h20-24,29H,7-19H2,1-6H3/t20?,21?,22?,23?,24-,26-,27+/m0/s1. The summed E-state index contributed by atoms with van der Waals surface area (Å²) in [7, 11) is -1.75. The number of hydrogen-bond acceptors (Lipinski definition) is 4. The molecule has 0 aromatic heterocycles. The molecule has 0 bridgehead atoms. The average molecular weight is 479 g/mol. The summed E-state index contributed by atoms with van der Waals surface area (Å²) in [5, 5.41) is 11.6. The van der Waals surface area contributed by atoms with Gasteiger partial charge in [-0.2, -0.15) is 0 Å². The highest BCUT2D eigenvalue weighted by atomic mass is 28.4. The number of fused-ring (bicyclic) bond motifs is 5. The summed E-state index contributed by atoms with van der Waals surface area (Å²) in [6, 6.07) is 0. The van der Waals surface area contributed by atoms with E-state index in [9.17, 15) is 5.11 Å². The van der Waals surface area contributed by atoms with Crippen LogP contribution in [0.3, 0.4) is 0 Å². The van der Waals surface area contributed by atoms with Crippen molar-refractivity contribution >= 4 is 8.32 Å². The summed E-state index contributed by atoms with van der Waals surface area (Å²) in [4.78, 5) is 0. The molecular formula is C28H50O4Si. The van der Waals surface area contributed by atoms with Gasteiger partial charge in [0.1, 0.15) is 0 Å². The van der Waals surface area contributed by atoms with Crippen LogP contribution in [0.25, 0.3) is 0 Å². The van der Waals surface area contributed by atoms with E-state index in [1.165, 1.54) is 38.5 Å². The van der Waals surface area contributed by atoms with E-state index in [2.05, 4.69) is 40.8 Å². The molecule has 0 aromatic carbocycles. The summed E-state index contributed by atoms with van der Waals surface area (Å²) in [5.74, 6) is 2.73. The van der Waals surface area contributed by atoms with Gasteiger partial charge in [0, 0.05) is 24.9 Å². The molecule has 7 atom stereocenters. The predicted octanol–water partition coefficient (Wildman–Crippen LogP) is 6.53. The van der Waals surface area contributed by atoms with Crippen molar-refractivity contribution in [2.45, 2.75) is 122 Å². The van der Waals surface area contributed by atoms with Crippen LogP contribution in [0.2, 0.25) is 18.1 Å². The molecule has 1 aliphatic heterocycles. The van der Waals surface area contributed by atoms with Crippen LogP contribution in [0.1, 0.15) is 91.9 Å². The Balaban J connectivity index is 1.31. The Hall–Kier alpha value is 0.0569. The van der Waals surface area contributed by atoms with Crippen molar-refractivity contribution in [3.63, 3.8) is 0 Å². The molecule has 5 rings (SSSR count). The molecule has 4 unspecified atom stereocenters. The second-order valence-corrected chi connectivity index (χ2v) is 19.0. The quantitative estimate of drug-likeness (QED) is 0.467. The second-order valence-electron chi connectivity index (χ2n) is 14.2. The fourth-order valence-electron chi connectivity index (χ4n) is 8.93. The van der Waals surface area contributed by atoms with Crippen LogP contribution in [-0.2, 0) is 13.9 Å². The third-order valence-electron chi connectivity index (χ3n) is 12.0. The first-order valence-corrected chi connectivity index (χ1v) is 16.9. The molecule has 1 saturated heterocycles. The average Bonchev–Trinajstić information content (AvgIpc) is 3.33. The molecule has 0 aromatic rings. The highest BCUT2D eigenvalue weighted by Gasteiger charge is 2.63. The van der Waals surface area contributed by atoms with Crippen molar-refractivity contribution in [3.8, 4) is 0 Å². The minimum atomic E-state index is -1.75. The number of hydrogen-bond donors (Lipinski definition) is 1. The van der Waals surface area contributed by atoms with Crippen molar-refractivity contribution in [3.05, 3.63) is 0 Å². The minimum Gasteiger partial charge on any atom is -0.417 e. The van der Waals surface area contributed by atoms with E-state index in [4.69, 9.17) is 13.9 Å². The van der Waals surface area contributed by atoms with Gasteiger partial charge < -0.3 is 19.0 Å². The number of aliphatic hydroxyl groups is 1. The molecule has 4 saturated carbocycles. The molecule has 1 N–H and O–H groups in total. The van der Waals surface area contributed by atoms with Crippen LogP contribution in [0.15, 0.2) is 0 Å². The summed E-state index contributed by atoms with van der Waals surface area (Å²) in [6.07, 6.45) is 11.7. The maximum absolute atomic E-state index is 11.3. The molecule has 33 heavy (non-hydrogen) atoms. The van der Waals surface area contributed by atoms with Crippen LogP contribution < -0.4 is 0 Å². The molecule has 0 amide bonds. The normalized spacial score (nSPS) is 45.0. The molecule has 4 nitrogen and oxygen atoms in total. The van der Waals surface area contributed by atoms with E-state index in [1.54, 1.807) is 0 Å². The molecule has 4 aliphatic carbocycles. The van der Waals surface area contributed by atoms with Crippen LogP contribution in [0.5, 0.6) is 0 Å². The zero-order chi connectivity index (χ0) is 23.7. The van der Waals surface area contributed by atoms with E-state index in [0.29, 0.717) is 11.3 Å². The van der Waals surface area contributed by atoms with Crippen molar-refractivity contribution < 1.29 is 19.0 Å². The molecule has 1 heterocycles. The lowest BCUT2D eigenvalue weighted by atomic mass is 9.44. The van der Waals surface area contributed by atoms with Gasteiger partial charge in [0.2, 0.25) is 0 Å². The highest BCUT2D eigenvalue weighted by Crippen LogP contribution is 2.68. The van der Waals surface area contributed by atoms with Gasteiger partial charge in [0.15, 0.2) is 14.1 Å².